The van der Waals surface area contributed by atoms with E-state index in [0.717, 1.165) is 10.2 Å². The molecule has 2 N–H and O–H groups in total. The Morgan fingerprint density at radius 1 is 1.30 bits per heavy atom. The van der Waals surface area contributed by atoms with Gasteiger partial charge >= 0.3 is 0 Å². The van der Waals surface area contributed by atoms with Gasteiger partial charge < -0.3 is 10.6 Å². The van der Waals surface area contributed by atoms with Gasteiger partial charge in [0.15, 0.2) is 9.84 Å². The molecule has 1 aromatic rings. The number of hydrogen-bond acceptors (Lipinski definition) is 4. The van der Waals surface area contributed by atoms with E-state index in [1.807, 2.05) is 24.3 Å². The average Bonchev–Trinajstić information content (AvgIpc) is 2.61. The van der Waals surface area contributed by atoms with Crippen LogP contribution >= 0.6 is 27.5 Å². The van der Waals surface area contributed by atoms with Crippen LogP contribution in [0.15, 0.2) is 28.7 Å². The predicted octanol–water partition coefficient (Wildman–Crippen LogP) is 1.38. The Morgan fingerprint density at radius 3 is 2.50 bits per heavy atom. The molecule has 1 fully saturated rings. The Morgan fingerprint density at radius 2 is 1.95 bits per heavy atom. The van der Waals surface area contributed by atoms with E-state index < -0.39 is 21.3 Å². The molecular weight excluding hydrogens is 368 g/mol. The lowest BCUT2D eigenvalue weighted by Gasteiger charge is -2.15. The summed E-state index contributed by atoms with van der Waals surface area (Å²) in [7, 11) is -3.13. The third-order valence-electron chi connectivity index (χ3n) is 2.93. The van der Waals surface area contributed by atoms with Crippen molar-refractivity contribution < 1.29 is 13.2 Å². The van der Waals surface area contributed by atoms with Crippen molar-refractivity contribution in [3.05, 3.63) is 28.7 Å². The molecule has 8 heteroatoms. The molecule has 0 bridgehead atoms. The minimum absolute atomic E-state index is 0.0712. The monoisotopic (exact) mass is 380 g/mol. The lowest BCUT2D eigenvalue weighted by molar-refractivity contribution is -0.119. The zero-order valence-electron chi connectivity index (χ0n) is 10.5. The van der Waals surface area contributed by atoms with Gasteiger partial charge in [-0.05, 0) is 24.3 Å². The third kappa shape index (κ3) is 4.36. The van der Waals surface area contributed by atoms with Crippen molar-refractivity contribution in [3.8, 4) is 0 Å². The fourth-order valence-electron chi connectivity index (χ4n) is 1.94. The zero-order valence-corrected chi connectivity index (χ0v) is 13.6. The lowest BCUT2D eigenvalue weighted by atomic mass is 10.2. The van der Waals surface area contributed by atoms with Crippen molar-refractivity contribution in [2.24, 2.45) is 0 Å². The maximum atomic E-state index is 11.8. The Balaban J connectivity index is 1.83. The van der Waals surface area contributed by atoms with Crippen molar-refractivity contribution in [1.29, 1.82) is 0 Å². The van der Waals surface area contributed by atoms with Gasteiger partial charge in [0.2, 0.25) is 5.91 Å². The van der Waals surface area contributed by atoms with Crippen LogP contribution in [0.1, 0.15) is 0 Å². The molecule has 110 valence electrons. The van der Waals surface area contributed by atoms with Gasteiger partial charge in [-0.15, -0.1) is 11.6 Å². The summed E-state index contributed by atoms with van der Waals surface area (Å²) in [6.45, 7) is 0.0712. The highest BCUT2D eigenvalue weighted by Gasteiger charge is 2.37. The van der Waals surface area contributed by atoms with Crippen LogP contribution in [0.5, 0.6) is 0 Å². The summed E-state index contributed by atoms with van der Waals surface area (Å²) in [5.41, 5.74) is 0.810. The summed E-state index contributed by atoms with van der Waals surface area (Å²) < 4.78 is 23.7. The van der Waals surface area contributed by atoms with Crippen LogP contribution in [0, 0.1) is 0 Å². The van der Waals surface area contributed by atoms with Gasteiger partial charge in [0, 0.05) is 10.2 Å². The van der Waals surface area contributed by atoms with Gasteiger partial charge in [0.1, 0.15) is 0 Å². The zero-order chi connectivity index (χ0) is 14.8. The van der Waals surface area contributed by atoms with Crippen molar-refractivity contribution >= 4 is 49.0 Å². The highest BCUT2D eigenvalue weighted by molar-refractivity contribution is 9.10. The first-order valence-electron chi connectivity index (χ1n) is 5.99. The van der Waals surface area contributed by atoms with Crippen LogP contribution in [0.2, 0.25) is 0 Å². The van der Waals surface area contributed by atoms with E-state index in [-0.39, 0.29) is 24.0 Å². The van der Waals surface area contributed by atoms with Gasteiger partial charge in [0.05, 0.1) is 29.5 Å². The summed E-state index contributed by atoms with van der Waals surface area (Å²) >= 11 is 9.24. The van der Waals surface area contributed by atoms with E-state index in [1.54, 1.807) is 0 Å². The normalized spacial score (nSPS) is 24.3. The Hall–Kier alpha value is -0.790. The van der Waals surface area contributed by atoms with Crippen LogP contribution in [0.4, 0.5) is 5.69 Å². The minimum Gasteiger partial charge on any atom is -0.376 e. The number of benzene rings is 1. The standard InChI is InChI=1S/C12H14BrClN2O3S/c13-8-1-3-9(4-2-8)15-5-12(17)16-11-7-20(18,19)6-10(11)14/h1-4,10-11,15H,5-7H2,(H,16,17)/t10-,11-/m0/s1. The second-order valence-electron chi connectivity index (χ2n) is 4.63. The number of carbonyl (C=O) groups excluding carboxylic acids is 1. The molecule has 2 rings (SSSR count). The molecule has 0 radical (unpaired) electrons. The summed E-state index contributed by atoms with van der Waals surface area (Å²) in [6, 6.07) is 6.88. The van der Waals surface area contributed by atoms with Crippen molar-refractivity contribution in [1.82, 2.24) is 5.32 Å². The molecule has 0 spiro atoms. The average molecular weight is 382 g/mol. The molecule has 0 aromatic heterocycles. The highest BCUT2D eigenvalue weighted by atomic mass is 79.9. The molecule has 0 unspecified atom stereocenters. The summed E-state index contributed by atoms with van der Waals surface area (Å²) in [4.78, 5) is 11.8. The van der Waals surface area contributed by atoms with Crippen LogP contribution in [0.3, 0.4) is 0 Å². The molecule has 1 amide bonds. The maximum Gasteiger partial charge on any atom is 0.239 e. The van der Waals surface area contributed by atoms with E-state index >= 15 is 0 Å². The van der Waals surface area contributed by atoms with Gasteiger partial charge in [-0.25, -0.2) is 8.42 Å². The Labute approximate surface area is 131 Å². The van der Waals surface area contributed by atoms with E-state index in [9.17, 15) is 13.2 Å². The number of carbonyl (C=O) groups is 1. The van der Waals surface area contributed by atoms with E-state index in [1.165, 1.54) is 0 Å². The minimum atomic E-state index is -3.13. The molecule has 1 heterocycles. The molecule has 2 atom stereocenters. The van der Waals surface area contributed by atoms with E-state index in [4.69, 9.17) is 11.6 Å². The number of nitrogens with one attached hydrogen (secondary N) is 2. The molecule has 5 nitrogen and oxygen atoms in total. The third-order valence-corrected chi connectivity index (χ3v) is 5.83. The molecule has 1 aliphatic heterocycles. The number of halogens is 2. The number of rotatable bonds is 4. The van der Waals surface area contributed by atoms with Crippen LogP contribution in [-0.4, -0.2) is 43.8 Å². The SMILES string of the molecule is O=C(CNc1ccc(Br)cc1)N[C@H]1CS(=O)(=O)C[C@@H]1Cl. The van der Waals surface area contributed by atoms with Crippen LogP contribution < -0.4 is 10.6 Å². The van der Waals surface area contributed by atoms with E-state index in [0.29, 0.717) is 0 Å². The van der Waals surface area contributed by atoms with Gasteiger partial charge in [-0.2, -0.15) is 0 Å². The second kappa shape index (κ2) is 6.32. The molecule has 0 aliphatic carbocycles. The number of amides is 1. The first-order chi connectivity index (χ1) is 9.35. The highest BCUT2D eigenvalue weighted by Crippen LogP contribution is 2.18. The maximum absolute atomic E-state index is 11.8. The van der Waals surface area contributed by atoms with Crippen molar-refractivity contribution in [3.63, 3.8) is 0 Å². The van der Waals surface area contributed by atoms with Crippen LogP contribution in [-0.2, 0) is 14.6 Å². The summed E-state index contributed by atoms with van der Waals surface area (Å²) in [5.74, 6) is -0.453. The van der Waals surface area contributed by atoms with Gasteiger partial charge in [-0.1, -0.05) is 15.9 Å². The fraction of sp³-hybridized carbons (Fsp3) is 0.417. The topological polar surface area (TPSA) is 75.3 Å². The van der Waals surface area contributed by atoms with Gasteiger partial charge in [0.25, 0.3) is 0 Å². The molecule has 1 saturated heterocycles. The van der Waals surface area contributed by atoms with Crippen molar-refractivity contribution in [2.45, 2.75) is 11.4 Å². The second-order valence-corrected chi connectivity index (χ2v) is 8.26. The number of sulfone groups is 1. The fourth-order valence-corrected chi connectivity index (χ4v) is 4.76. The predicted molar refractivity (Wildman–Crippen MR) is 82.9 cm³/mol. The summed E-state index contributed by atoms with van der Waals surface area (Å²) in [6.07, 6.45) is 0. The Bertz CT molecular complexity index is 591. The summed E-state index contributed by atoms with van der Waals surface area (Å²) in [5, 5.41) is 5.04. The molecule has 0 saturated carbocycles. The van der Waals surface area contributed by atoms with E-state index in [2.05, 4.69) is 26.6 Å². The number of anilines is 1. The van der Waals surface area contributed by atoms with Crippen LogP contribution in [0.25, 0.3) is 0 Å². The number of alkyl halides is 1. The largest absolute Gasteiger partial charge is 0.376 e. The lowest BCUT2D eigenvalue weighted by Crippen LogP contribution is -2.43. The Kier molecular flexibility index (Phi) is 4.93. The molecular formula is C12H14BrClN2O3S. The number of hydrogen-bond donors (Lipinski definition) is 2. The molecule has 1 aliphatic rings. The quantitative estimate of drug-likeness (QED) is 0.773. The first-order valence-corrected chi connectivity index (χ1v) is 9.04. The smallest absolute Gasteiger partial charge is 0.239 e. The molecule has 1 aromatic carbocycles. The van der Waals surface area contributed by atoms with Gasteiger partial charge in [-0.3, -0.25) is 4.79 Å². The molecule has 20 heavy (non-hydrogen) atoms. The van der Waals surface area contributed by atoms with Crippen molar-refractivity contribution in [2.75, 3.05) is 23.4 Å². The first kappa shape index (κ1) is 15.6.